The van der Waals surface area contributed by atoms with Crippen molar-refractivity contribution >= 4 is 0 Å². The molecule has 1 aliphatic heterocycles. The normalized spacial score (nSPS) is 18.0. The highest BCUT2D eigenvalue weighted by molar-refractivity contribution is 5.25. The highest BCUT2D eigenvalue weighted by Crippen LogP contribution is 2.31. The average Bonchev–Trinajstić information content (AvgIpc) is 2.61. The lowest BCUT2D eigenvalue weighted by Gasteiger charge is -2.32. The molecule has 0 bridgehead atoms. The molecule has 3 heteroatoms. The van der Waals surface area contributed by atoms with Crippen molar-refractivity contribution in [2.45, 2.75) is 31.8 Å². The molecule has 3 nitrogen and oxygen atoms in total. The average molecular weight is 310 g/mol. The number of hydrogen-bond donors (Lipinski definition) is 1. The molecule has 0 saturated carbocycles. The summed E-state index contributed by atoms with van der Waals surface area (Å²) in [6.07, 6.45) is 5.38. The molecule has 2 heterocycles. The van der Waals surface area contributed by atoms with Gasteiger partial charge in [-0.1, -0.05) is 36.4 Å². The van der Waals surface area contributed by atoms with E-state index in [2.05, 4.69) is 47.3 Å². The molecule has 122 valence electrons. The molecular formula is C20H26N2O. The van der Waals surface area contributed by atoms with Crippen LogP contribution < -0.4 is 0 Å². The van der Waals surface area contributed by atoms with Gasteiger partial charge in [0.2, 0.25) is 0 Å². The third-order valence-corrected chi connectivity index (χ3v) is 4.94. The van der Waals surface area contributed by atoms with Gasteiger partial charge >= 0.3 is 0 Å². The third-order valence-electron chi connectivity index (χ3n) is 4.94. The molecule has 1 saturated heterocycles. The third kappa shape index (κ3) is 4.18. The maximum absolute atomic E-state index is 10.8. The van der Waals surface area contributed by atoms with Crippen LogP contribution in [0.5, 0.6) is 0 Å². The Morgan fingerprint density at radius 1 is 1.09 bits per heavy atom. The van der Waals surface area contributed by atoms with Crippen LogP contribution in [-0.4, -0.2) is 35.1 Å². The maximum atomic E-state index is 10.8. The molecule has 0 aliphatic carbocycles. The maximum Gasteiger partial charge on any atom is 0.0991 e. The van der Waals surface area contributed by atoms with Gasteiger partial charge in [-0.15, -0.1) is 0 Å². The SMILES string of the molecule is CN1CCC([C@@H](O)c2ncccc2CCc2ccccc2)CC1. The van der Waals surface area contributed by atoms with E-state index in [0.29, 0.717) is 5.92 Å². The predicted octanol–water partition coefficient (Wildman–Crippen LogP) is 3.24. The molecule has 1 fully saturated rings. The Kier molecular flexibility index (Phi) is 5.42. The highest BCUT2D eigenvalue weighted by atomic mass is 16.3. The Balaban J connectivity index is 1.70. The van der Waals surface area contributed by atoms with Crippen molar-refractivity contribution in [2.24, 2.45) is 5.92 Å². The van der Waals surface area contributed by atoms with Crippen molar-refractivity contribution in [3.63, 3.8) is 0 Å². The van der Waals surface area contributed by atoms with Gasteiger partial charge in [-0.2, -0.15) is 0 Å². The van der Waals surface area contributed by atoms with Gasteiger partial charge in [0.25, 0.3) is 0 Å². The molecule has 0 spiro atoms. The van der Waals surface area contributed by atoms with Gasteiger partial charge in [-0.05, 0) is 68.9 Å². The first-order valence-electron chi connectivity index (χ1n) is 8.58. The van der Waals surface area contributed by atoms with Crippen molar-refractivity contribution < 1.29 is 5.11 Å². The topological polar surface area (TPSA) is 36.4 Å². The molecule has 2 aromatic rings. The molecule has 0 radical (unpaired) electrons. The number of benzene rings is 1. The molecule has 1 aromatic carbocycles. The van der Waals surface area contributed by atoms with Crippen LogP contribution in [0, 0.1) is 5.92 Å². The summed E-state index contributed by atoms with van der Waals surface area (Å²) in [5, 5.41) is 10.8. The Morgan fingerprint density at radius 3 is 2.57 bits per heavy atom. The number of aromatic nitrogens is 1. The van der Waals surface area contributed by atoms with Crippen LogP contribution in [0.4, 0.5) is 0 Å². The second kappa shape index (κ2) is 7.71. The largest absolute Gasteiger partial charge is 0.387 e. The molecule has 3 rings (SSSR count). The van der Waals surface area contributed by atoms with E-state index < -0.39 is 6.10 Å². The van der Waals surface area contributed by atoms with Crippen molar-refractivity contribution in [3.05, 3.63) is 65.5 Å². The van der Waals surface area contributed by atoms with Crippen LogP contribution in [0.25, 0.3) is 0 Å². The van der Waals surface area contributed by atoms with Gasteiger partial charge in [0.15, 0.2) is 0 Å². The summed E-state index contributed by atoms with van der Waals surface area (Å²) in [4.78, 5) is 6.85. The number of rotatable bonds is 5. The second-order valence-electron chi connectivity index (χ2n) is 6.62. The van der Waals surface area contributed by atoms with E-state index in [-0.39, 0.29) is 0 Å². The van der Waals surface area contributed by atoms with Gasteiger partial charge in [0, 0.05) is 6.20 Å². The Labute approximate surface area is 139 Å². The van der Waals surface area contributed by atoms with Crippen LogP contribution in [-0.2, 0) is 12.8 Å². The summed E-state index contributed by atoms with van der Waals surface area (Å²) < 4.78 is 0. The molecule has 1 N–H and O–H groups in total. The molecule has 1 aromatic heterocycles. The molecule has 0 unspecified atom stereocenters. The summed E-state index contributed by atoms with van der Waals surface area (Å²) in [6, 6.07) is 14.6. The fraction of sp³-hybridized carbons (Fsp3) is 0.450. The Bertz CT molecular complexity index is 606. The monoisotopic (exact) mass is 310 g/mol. The van der Waals surface area contributed by atoms with Crippen molar-refractivity contribution in [1.82, 2.24) is 9.88 Å². The van der Waals surface area contributed by atoms with E-state index in [1.165, 1.54) is 11.1 Å². The smallest absolute Gasteiger partial charge is 0.0991 e. The summed E-state index contributed by atoms with van der Waals surface area (Å²) in [5.41, 5.74) is 3.40. The Morgan fingerprint density at radius 2 is 1.83 bits per heavy atom. The standard InChI is InChI=1S/C20H26N2O/c1-22-14-11-18(12-15-22)20(23)19-17(8-5-13-21-19)10-9-16-6-3-2-4-7-16/h2-8,13,18,20,23H,9-12,14-15H2,1H3/t20-/m1/s1. The molecule has 1 atom stereocenters. The highest BCUT2D eigenvalue weighted by Gasteiger charge is 2.27. The van der Waals surface area contributed by atoms with Crippen LogP contribution in [0.3, 0.4) is 0 Å². The zero-order valence-electron chi connectivity index (χ0n) is 13.9. The van der Waals surface area contributed by atoms with Crippen LogP contribution in [0.2, 0.25) is 0 Å². The minimum absolute atomic E-state index is 0.330. The van der Waals surface area contributed by atoms with Crippen LogP contribution in [0.15, 0.2) is 48.7 Å². The quantitative estimate of drug-likeness (QED) is 0.921. The van der Waals surface area contributed by atoms with E-state index in [1.807, 2.05) is 12.1 Å². The lowest BCUT2D eigenvalue weighted by molar-refractivity contribution is 0.0620. The fourth-order valence-electron chi connectivity index (χ4n) is 3.42. The molecule has 23 heavy (non-hydrogen) atoms. The van der Waals surface area contributed by atoms with Gasteiger partial charge in [-0.25, -0.2) is 0 Å². The zero-order valence-corrected chi connectivity index (χ0v) is 13.9. The van der Waals surface area contributed by atoms with E-state index in [0.717, 1.165) is 44.5 Å². The summed E-state index contributed by atoms with van der Waals surface area (Å²) in [6.45, 7) is 2.13. The van der Waals surface area contributed by atoms with Crippen molar-refractivity contribution in [1.29, 1.82) is 0 Å². The number of likely N-dealkylation sites (tertiary alicyclic amines) is 1. The lowest BCUT2D eigenvalue weighted by atomic mass is 9.87. The molecule has 0 amide bonds. The van der Waals surface area contributed by atoms with Gasteiger partial charge in [0.05, 0.1) is 11.8 Å². The van der Waals surface area contributed by atoms with Crippen LogP contribution in [0.1, 0.15) is 35.8 Å². The summed E-state index contributed by atoms with van der Waals surface area (Å²) >= 11 is 0. The van der Waals surface area contributed by atoms with E-state index >= 15 is 0 Å². The van der Waals surface area contributed by atoms with E-state index in [4.69, 9.17) is 0 Å². The van der Waals surface area contributed by atoms with Crippen LogP contribution >= 0.6 is 0 Å². The summed E-state index contributed by atoms with van der Waals surface area (Å²) in [7, 11) is 2.15. The number of piperidine rings is 1. The summed E-state index contributed by atoms with van der Waals surface area (Å²) in [5.74, 6) is 0.330. The Hall–Kier alpha value is -1.71. The number of nitrogens with zero attached hydrogens (tertiary/aromatic N) is 2. The van der Waals surface area contributed by atoms with Crippen molar-refractivity contribution in [2.75, 3.05) is 20.1 Å². The molecule has 1 aliphatic rings. The predicted molar refractivity (Wildman–Crippen MR) is 93.3 cm³/mol. The molecular weight excluding hydrogens is 284 g/mol. The second-order valence-corrected chi connectivity index (χ2v) is 6.62. The van der Waals surface area contributed by atoms with Gasteiger partial charge < -0.3 is 10.0 Å². The number of aliphatic hydroxyl groups is 1. The first kappa shape index (κ1) is 16.2. The van der Waals surface area contributed by atoms with Gasteiger partial charge in [-0.3, -0.25) is 4.98 Å². The number of hydrogen-bond acceptors (Lipinski definition) is 3. The first-order valence-corrected chi connectivity index (χ1v) is 8.58. The lowest BCUT2D eigenvalue weighted by Crippen LogP contribution is -2.33. The number of aliphatic hydroxyl groups excluding tert-OH is 1. The van der Waals surface area contributed by atoms with E-state index in [1.54, 1.807) is 6.20 Å². The number of aryl methyl sites for hydroxylation is 2. The fourth-order valence-corrected chi connectivity index (χ4v) is 3.42. The zero-order chi connectivity index (χ0) is 16.1. The first-order chi connectivity index (χ1) is 11.2. The number of pyridine rings is 1. The van der Waals surface area contributed by atoms with Crippen molar-refractivity contribution in [3.8, 4) is 0 Å². The van der Waals surface area contributed by atoms with E-state index in [9.17, 15) is 5.11 Å². The minimum Gasteiger partial charge on any atom is -0.387 e. The van der Waals surface area contributed by atoms with Gasteiger partial charge in [0.1, 0.15) is 0 Å². The minimum atomic E-state index is -0.435.